The molecule has 25 heavy (non-hydrogen) atoms. The number of likely N-dealkylation sites (tertiary alicyclic amines) is 1. The molecule has 1 saturated heterocycles. The third kappa shape index (κ3) is 5.07. The van der Waals surface area contributed by atoms with Crippen molar-refractivity contribution in [3.05, 3.63) is 70.2 Å². The summed E-state index contributed by atoms with van der Waals surface area (Å²) in [7, 11) is 0. The molecule has 3 nitrogen and oxygen atoms in total. The van der Waals surface area contributed by atoms with Gasteiger partial charge < -0.3 is 5.32 Å². The van der Waals surface area contributed by atoms with E-state index >= 15 is 0 Å². The smallest absolute Gasteiger partial charge is 0.224 e. The zero-order valence-corrected chi connectivity index (χ0v) is 15.4. The average molecular weight is 357 g/mol. The topological polar surface area (TPSA) is 32.3 Å². The third-order valence-corrected chi connectivity index (χ3v) is 5.07. The van der Waals surface area contributed by atoms with Gasteiger partial charge in [0.1, 0.15) is 0 Å². The van der Waals surface area contributed by atoms with E-state index in [4.69, 9.17) is 11.6 Å². The lowest BCUT2D eigenvalue weighted by Gasteiger charge is -2.28. The Balaban J connectivity index is 1.62. The molecule has 1 heterocycles. The van der Waals surface area contributed by atoms with E-state index in [0.29, 0.717) is 18.0 Å². The Hall–Kier alpha value is -1.84. The Bertz CT molecular complexity index is 691. The fourth-order valence-electron chi connectivity index (χ4n) is 3.36. The van der Waals surface area contributed by atoms with Crippen LogP contribution >= 0.6 is 11.6 Å². The Morgan fingerprint density at radius 3 is 2.36 bits per heavy atom. The number of benzene rings is 2. The molecule has 1 unspecified atom stereocenters. The van der Waals surface area contributed by atoms with E-state index in [-0.39, 0.29) is 11.9 Å². The lowest BCUT2D eigenvalue weighted by molar-refractivity contribution is -0.120. The van der Waals surface area contributed by atoms with E-state index in [2.05, 4.69) is 41.4 Å². The molecule has 1 atom stereocenters. The van der Waals surface area contributed by atoms with Crippen LogP contribution < -0.4 is 5.32 Å². The number of rotatable bonds is 6. The van der Waals surface area contributed by atoms with Gasteiger partial charge in [0.05, 0.1) is 12.5 Å². The van der Waals surface area contributed by atoms with Crippen molar-refractivity contribution < 1.29 is 4.79 Å². The van der Waals surface area contributed by atoms with Crippen molar-refractivity contribution in [3.8, 4) is 0 Å². The molecule has 1 aliphatic heterocycles. The van der Waals surface area contributed by atoms with Crippen molar-refractivity contribution in [2.75, 3.05) is 19.6 Å². The predicted molar refractivity (Wildman–Crippen MR) is 103 cm³/mol. The Labute approximate surface area is 155 Å². The highest BCUT2D eigenvalue weighted by Crippen LogP contribution is 2.25. The van der Waals surface area contributed by atoms with Crippen LogP contribution in [0.1, 0.15) is 35.6 Å². The molecule has 2 aromatic carbocycles. The molecule has 132 valence electrons. The lowest BCUT2D eigenvalue weighted by atomic mass is 10.0. The summed E-state index contributed by atoms with van der Waals surface area (Å²) in [6.07, 6.45) is 2.86. The van der Waals surface area contributed by atoms with Crippen LogP contribution in [0.15, 0.2) is 48.5 Å². The van der Waals surface area contributed by atoms with Crippen molar-refractivity contribution in [1.82, 2.24) is 10.2 Å². The minimum atomic E-state index is 0.0543. The van der Waals surface area contributed by atoms with Crippen LogP contribution in [-0.4, -0.2) is 30.4 Å². The van der Waals surface area contributed by atoms with Gasteiger partial charge in [-0.2, -0.15) is 0 Å². The molecule has 4 heteroatoms. The Morgan fingerprint density at radius 2 is 1.72 bits per heavy atom. The van der Waals surface area contributed by atoms with Crippen LogP contribution in [-0.2, 0) is 11.2 Å². The summed E-state index contributed by atoms with van der Waals surface area (Å²) in [4.78, 5) is 14.8. The first kappa shape index (κ1) is 18.0. The molecule has 2 aromatic rings. The van der Waals surface area contributed by atoms with Gasteiger partial charge in [-0.25, -0.2) is 0 Å². The maximum Gasteiger partial charge on any atom is 0.224 e. The van der Waals surface area contributed by atoms with Gasteiger partial charge in [-0.3, -0.25) is 9.69 Å². The summed E-state index contributed by atoms with van der Waals surface area (Å²) < 4.78 is 0. The van der Waals surface area contributed by atoms with Gasteiger partial charge in [0, 0.05) is 11.6 Å². The van der Waals surface area contributed by atoms with Gasteiger partial charge in [-0.05, 0) is 56.1 Å². The lowest BCUT2D eigenvalue weighted by Crippen LogP contribution is -2.37. The van der Waals surface area contributed by atoms with Gasteiger partial charge in [-0.1, -0.05) is 53.6 Å². The number of nitrogens with zero attached hydrogens (tertiary/aromatic N) is 1. The second kappa shape index (κ2) is 8.50. The number of aryl methyl sites for hydroxylation is 1. The minimum Gasteiger partial charge on any atom is -0.354 e. The highest BCUT2D eigenvalue weighted by molar-refractivity contribution is 6.30. The molecule has 0 bridgehead atoms. The maximum atomic E-state index is 12.3. The van der Waals surface area contributed by atoms with Gasteiger partial charge >= 0.3 is 0 Å². The van der Waals surface area contributed by atoms with Crippen molar-refractivity contribution in [3.63, 3.8) is 0 Å². The van der Waals surface area contributed by atoms with Crippen LogP contribution in [0.25, 0.3) is 0 Å². The molecular formula is C21H25ClN2O. The Morgan fingerprint density at radius 1 is 1.08 bits per heavy atom. The minimum absolute atomic E-state index is 0.0543. The molecule has 0 aliphatic carbocycles. The molecule has 3 rings (SSSR count). The molecule has 0 spiro atoms. The van der Waals surface area contributed by atoms with E-state index < -0.39 is 0 Å². The highest BCUT2D eigenvalue weighted by atomic mass is 35.5. The molecule has 0 radical (unpaired) electrons. The summed E-state index contributed by atoms with van der Waals surface area (Å²) in [6.45, 7) is 4.95. The Kier molecular flexibility index (Phi) is 6.11. The number of nitrogens with one attached hydrogen (secondary N) is 1. The van der Waals surface area contributed by atoms with Crippen LogP contribution in [0, 0.1) is 6.92 Å². The standard InChI is InChI=1S/C21H25ClN2O/c1-16-4-8-18(9-5-16)20(24-12-2-3-13-24)15-23-21(25)14-17-6-10-19(22)11-7-17/h4-11,20H,2-3,12-15H2,1H3,(H,23,25). The number of hydrogen-bond acceptors (Lipinski definition) is 2. The van der Waals surface area contributed by atoms with Crippen LogP contribution in [0.5, 0.6) is 0 Å². The van der Waals surface area contributed by atoms with E-state index in [1.807, 2.05) is 24.3 Å². The number of hydrogen-bond donors (Lipinski definition) is 1. The molecular weight excluding hydrogens is 332 g/mol. The number of carbonyl (C=O) groups is 1. The van der Waals surface area contributed by atoms with Crippen LogP contribution in [0.4, 0.5) is 0 Å². The molecule has 0 aromatic heterocycles. The van der Waals surface area contributed by atoms with E-state index in [0.717, 1.165) is 18.7 Å². The van der Waals surface area contributed by atoms with Gasteiger partial charge in [0.25, 0.3) is 0 Å². The fraction of sp³-hybridized carbons (Fsp3) is 0.381. The quantitative estimate of drug-likeness (QED) is 0.843. The van der Waals surface area contributed by atoms with Crippen LogP contribution in [0.2, 0.25) is 5.02 Å². The first-order chi connectivity index (χ1) is 12.1. The SMILES string of the molecule is Cc1ccc(C(CNC(=O)Cc2ccc(Cl)cc2)N2CCCC2)cc1. The average Bonchev–Trinajstić information content (AvgIpc) is 3.13. The van der Waals surface area contributed by atoms with Gasteiger partial charge in [0.15, 0.2) is 0 Å². The molecule has 0 saturated carbocycles. The van der Waals surface area contributed by atoms with Gasteiger partial charge in [-0.15, -0.1) is 0 Å². The van der Waals surface area contributed by atoms with E-state index in [1.54, 1.807) is 0 Å². The number of halogens is 1. The monoisotopic (exact) mass is 356 g/mol. The van der Waals surface area contributed by atoms with Crippen molar-refractivity contribution in [2.24, 2.45) is 0 Å². The van der Waals surface area contributed by atoms with Crippen LogP contribution in [0.3, 0.4) is 0 Å². The van der Waals surface area contributed by atoms with Crippen molar-refractivity contribution in [1.29, 1.82) is 0 Å². The third-order valence-electron chi connectivity index (χ3n) is 4.81. The molecule has 1 fully saturated rings. The second-order valence-electron chi connectivity index (χ2n) is 6.78. The predicted octanol–water partition coefficient (Wildman–Crippen LogP) is 4.14. The van der Waals surface area contributed by atoms with Gasteiger partial charge in [0.2, 0.25) is 5.91 Å². The zero-order chi connectivity index (χ0) is 17.6. The summed E-state index contributed by atoms with van der Waals surface area (Å²) in [5.41, 5.74) is 3.52. The summed E-state index contributed by atoms with van der Waals surface area (Å²) in [6, 6.07) is 16.4. The largest absolute Gasteiger partial charge is 0.354 e. The second-order valence-corrected chi connectivity index (χ2v) is 7.21. The summed E-state index contributed by atoms with van der Waals surface area (Å²) in [5.74, 6) is 0.0543. The summed E-state index contributed by atoms with van der Waals surface area (Å²) in [5, 5.41) is 3.81. The highest BCUT2D eigenvalue weighted by Gasteiger charge is 2.23. The normalized spacial score (nSPS) is 15.9. The zero-order valence-electron chi connectivity index (χ0n) is 14.7. The van der Waals surface area contributed by atoms with Crippen molar-refractivity contribution in [2.45, 2.75) is 32.2 Å². The summed E-state index contributed by atoms with van der Waals surface area (Å²) >= 11 is 5.90. The molecule has 1 aliphatic rings. The first-order valence-corrected chi connectivity index (χ1v) is 9.31. The van der Waals surface area contributed by atoms with E-state index in [1.165, 1.54) is 24.0 Å². The number of carbonyl (C=O) groups excluding carboxylic acids is 1. The molecule has 1 amide bonds. The van der Waals surface area contributed by atoms with E-state index in [9.17, 15) is 4.79 Å². The molecule has 1 N–H and O–H groups in total. The number of amides is 1. The van der Waals surface area contributed by atoms with Crippen molar-refractivity contribution >= 4 is 17.5 Å². The first-order valence-electron chi connectivity index (χ1n) is 8.93. The maximum absolute atomic E-state index is 12.3. The fourth-order valence-corrected chi connectivity index (χ4v) is 3.49.